The van der Waals surface area contributed by atoms with E-state index in [0.717, 1.165) is 12.0 Å². The van der Waals surface area contributed by atoms with Crippen molar-refractivity contribution in [3.63, 3.8) is 0 Å². The van der Waals surface area contributed by atoms with E-state index in [0.29, 0.717) is 12.3 Å². The molecule has 6 heteroatoms. The lowest BCUT2D eigenvalue weighted by atomic mass is 10.2. The minimum Gasteiger partial charge on any atom is -0.484 e. The van der Waals surface area contributed by atoms with E-state index in [1.165, 1.54) is 0 Å². The fourth-order valence-electron chi connectivity index (χ4n) is 2.00. The summed E-state index contributed by atoms with van der Waals surface area (Å²) < 4.78 is 5.32. The molecule has 2 rings (SSSR count). The van der Waals surface area contributed by atoms with Crippen molar-refractivity contribution in [1.82, 2.24) is 15.2 Å². The number of ether oxygens (including phenoxy) is 1. The quantitative estimate of drug-likeness (QED) is 0.793. The number of nitrogens with one attached hydrogen (secondary N) is 1. The second kappa shape index (κ2) is 9.29. The first kappa shape index (κ1) is 17.5. The fraction of sp³-hybridized carbons (Fsp3) is 0.278. The number of carbonyl (C=O) groups is 2. The van der Waals surface area contributed by atoms with Gasteiger partial charge in [-0.15, -0.1) is 0 Å². The molecule has 1 aromatic carbocycles. The molecule has 0 bridgehead atoms. The van der Waals surface area contributed by atoms with Crippen LogP contribution >= 0.6 is 0 Å². The molecule has 2 aromatic rings. The first-order chi connectivity index (χ1) is 11.6. The minimum atomic E-state index is -0.324. The van der Waals surface area contributed by atoms with Crippen LogP contribution in [0.5, 0.6) is 5.75 Å². The number of para-hydroxylation sites is 1. The Morgan fingerprint density at radius 2 is 1.83 bits per heavy atom. The summed E-state index contributed by atoms with van der Waals surface area (Å²) in [6, 6.07) is 12.9. The highest BCUT2D eigenvalue weighted by molar-refractivity contribution is 5.85. The molecule has 2 amide bonds. The van der Waals surface area contributed by atoms with Gasteiger partial charge in [-0.25, -0.2) is 0 Å². The number of hydrogen-bond donors (Lipinski definition) is 1. The van der Waals surface area contributed by atoms with E-state index in [9.17, 15) is 9.59 Å². The van der Waals surface area contributed by atoms with Crippen LogP contribution in [-0.4, -0.2) is 48.4 Å². The molecule has 0 aliphatic heterocycles. The molecule has 0 aliphatic rings. The Morgan fingerprint density at radius 3 is 2.54 bits per heavy atom. The first-order valence-electron chi connectivity index (χ1n) is 7.72. The highest BCUT2D eigenvalue weighted by Gasteiger charge is 2.11. The summed E-state index contributed by atoms with van der Waals surface area (Å²) in [5, 5.41) is 2.57. The largest absolute Gasteiger partial charge is 0.484 e. The smallest absolute Gasteiger partial charge is 0.258 e. The minimum absolute atomic E-state index is 0.0379. The van der Waals surface area contributed by atoms with E-state index in [-0.39, 0.29) is 25.0 Å². The maximum atomic E-state index is 12.0. The van der Waals surface area contributed by atoms with Gasteiger partial charge in [0.25, 0.3) is 5.91 Å². The molecule has 0 unspecified atom stereocenters. The molecule has 1 aromatic heterocycles. The summed E-state index contributed by atoms with van der Waals surface area (Å²) >= 11 is 0. The van der Waals surface area contributed by atoms with E-state index in [2.05, 4.69) is 10.3 Å². The molecule has 0 radical (unpaired) electrons. The second-order valence-electron chi connectivity index (χ2n) is 5.30. The Bertz CT molecular complexity index is 647. The lowest BCUT2D eigenvalue weighted by Gasteiger charge is -2.17. The Kier molecular flexibility index (Phi) is 6.76. The predicted octanol–water partition coefficient (Wildman–Crippen LogP) is 1.28. The summed E-state index contributed by atoms with van der Waals surface area (Å²) in [6.07, 6.45) is 4.20. The van der Waals surface area contributed by atoms with E-state index in [1.807, 2.05) is 30.3 Å². The van der Waals surface area contributed by atoms with Gasteiger partial charge in [0.1, 0.15) is 5.75 Å². The summed E-state index contributed by atoms with van der Waals surface area (Å²) in [6.45, 7) is 0.432. The molecule has 24 heavy (non-hydrogen) atoms. The number of likely N-dealkylation sites (N-methyl/N-ethyl adjacent to an activating group) is 1. The number of aromatic nitrogens is 1. The third-order valence-electron chi connectivity index (χ3n) is 3.46. The van der Waals surface area contributed by atoms with Crippen LogP contribution in [0.1, 0.15) is 5.56 Å². The lowest BCUT2D eigenvalue weighted by Crippen LogP contribution is -2.40. The third-order valence-corrected chi connectivity index (χ3v) is 3.46. The summed E-state index contributed by atoms with van der Waals surface area (Å²) in [5.74, 6) is 0.153. The number of benzene rings is 1. The number of nitrogens with zero attached hydrogens (tertiary/aromatic N) is 2. The Hall–Kier alpha value is -2.89. The summed E-state index contributed by atoms with van der Waals surface area (Å²) in [7, 11) is 1.72. The molecule has 0 saturated heterocycles. The molecule has 6 nitrogen and oxygen atoms in total. The molecule has 0 spiro atoms. The first-order valence-corrected chi connectivity index (χ1v) is 7.72. The maximum absolute atomic E-state index is 12.0. The van der Waals surface area contributed by atoms with Gasteiger partial charge in [0.2, 0.25) is 5.91 Å². The van der Waals surface area contributed by atoms with Crippen LogP contribution in [0.15, 0.2) is 54.9 Å². The van der Waals surface area contributed by atoms with Crippen molar-refractivity contribution in [2.45, 2.75) is 6.42 Å². The van der Waals surface area contributed by atoms with Crippen LogP contribution < -0.4 is 10.1 Å². The van der Waals surface area contributed by atoms with Crippen molar-refractivity contribution in [3.8, 4) is 5.75 Å². The van der Waals surface area contributed by atoms with Crippen LogP contribution in [0, 0.1) is 0 Å². The van der Waals surface area contributed by atoms with Gasteiger partial charge in [0.05, 0.1) is 6.54 Å². The zero-order valence-electron chi connectivity index (χ0n) is 13.6. The fourth-order valence-corrected chi connectivity index (χ4v) is 2.00. The average Bonchev–Trinajstić information content (AvgIpc) is 2.64. The lowest BCUT2D eigenvalue weighted by molar-refractivity contribution is -0.132. The molecule has 0 saturated carbocycles. The van der Waals surface area contributed by atoms with Gasteiger partial charge in [-0.05, 0) is 36.2 Å². The maximum Gasteiger partial charge on any atom is 0.258 e. The molecule has 1 N–H and O–H groups in total. The van der Waals surface area contributed by atoms with Crippen molar-refractivity contribution < 1.29 is 14.3 Å². The van der Waals surface area contributed by atoms with Gasteiger partial charge in [0, 0.05) is 26.0 Å². The normalized spacial score (nSPS) is 10.0. The molecule has 0 atom stereocenters. The molecule has 0 aliphatic carbocycles. The zero-order valence-corrected chi connectivity index (χ0v) is 13.6. The van der Waals surface area contributed by atoms with E-state index >= 15 is 0 Å². The number of hydrogen-bond acceptors (Lipinski definition) is 4. The Morgan fingerprint density at radius 1 is 1.12 bits per heavy atom. The number of pyridine rings is 1. The van der Waals surface area contributed by atoms with Crippen molar-refractivity contribution in [3.05, 3.63) is 60.4 Å². The molecular formula is C18H21N3O3. The van der Waals surface area contributed by atoms with E-state index in [4.69, 9.17) is 4.74 Å². The van der Waals surface area contributed by atoms with Gasteiger partial charge in [-0.2, -0.15) is 0 Å². The van der Waals surface area contributed by atoms with Crippen molar-refractivity contribution in [2.24, 2.45) is 0 Å². The average molecular weight is 327 g/mol. The number of rotatable bonds is 8. The number of carbonyl (C=O) groups excluding carboxylic acids is 2. The predicted molar refractivity (Wildman–Crippen MR) is 90.5 cm³/mol. The third kappa shape index (κ3) is 6.08. The number of amides is 2. The van der Waals surface area contributed by atoms with Gasteiger partial charge in [0.15, 0.2) is 6.61 Å². The monoisotopic (exact) mass is 327 g/mol. The van der Waals surface area contributed by atoms with E-state index < -0.39 is 0 Å². The highest BCUT2D eigenvalue weighted by atomic mass is 16.5. The van der Waals surface area contributed by atoms with Gasteiger partial charge in [-0.1, -0.05) is 18.2 Å². The molecule has 1 heterocycles. The van der Waals surface area contributed by atoms with Crippen LogP contribution in [0.4, 0.5) is 0 Å². The molecule has 0 fully saturated rings. The Labute approximate surface area is 141 Å². The van der Waals surface area contributed by atoms with Crippen molar-refractivity contribution in [2.75, 3.05) is 26.7 Å². The second-order valence-corrected chi connectivity index (χ2v) is 5.30. The van der Waals surface area contributed by atoms with Gasteiger partial charge < -0.3 is 15.0 Å². The summed E-state index contributed by atoms with van der Waals surface area (Å²) in [4.78, 5) is 29.3. The molecular weight excluding hydrogens is 306 g/mol. The van der Waals surface area contributed by atoms with Crippen LogP contribution in [0.25, 0.3) is 0 Å². The zero-order chi connectivity index (χ0) is 17.2. The molecule has 126 valence electrons. The van der Waals surface area contributed by atoms with Gasteiger partial charge >= 0.3 is 0 Å². The van der Waals surface area contributed by atoms with Gasteiger partial charge in [-0.3, -0.25) is 14.6 Å². The van der Waals surface area contributed by atoms with Crippen molar-refractivity contribution >= 4 is 11.8 Å². The van der Waals surface area contributed by atoms with Crippen LogP contribution in [0.2, 0.25) is 0 Å². The topological polar surface area (TPSA) is 71.5 Å². The highest BCUT2D eigenvalue weighted by Crippen LogP contribution is 2.07. The van der Waals surface area contributed by atoms with E-state index in [1.54, 1.807) is 36.5 Å². The SMILES string of the molecule is CN(CCc1ccncc1)C(=O)CNC(=O)COc1ccccc1. The van der Waals surface area contributed by atoms with Crippen LogP contribution in [-0.2, 0) is 16.0 Å². The standard InChI is InChI=1S/C18H21N3O3/c1-21(12-9-15-7-10-19-11-8-15)18(23)13-20-17(22)14-24-16-5-3-2-4-6-16/h2-8,10-11H,9,12-14H2,1H3,(H,20,22). The Balaban J connectivity index is 1.65. The van der Waals surface area contributed by atoms with Crippen molar-refractivity contribution in [1.29, 1.82) is 0 Å². The summed E-state index contributed by atoms with van der Waals surface area (Å²) in [5.41, 5.74) is 1.12. The van der Waals surface area contributed by atoms with Crippen LogP contribution in [0.3, 0.4) is 0 Å².